The Labute approximate surface area is 190 Å². The van der Waals surface area contributed by atoms with Crippen molar-refractivity contribution >= 4 is 52.2 Å². The monoisotopic (exact) mass is 482 g/mol. The molecule has 0 radical (unpaired) electrons. The highest BCUT2D eigenvalue weighted by atomic mass is 35.5. The molecule has 152 valence electrons. The first-order valence-electron chi connectivity index (χ1n) is 8.34. The van der Waals surface area contributed by atoms with Gasteiger partial charge in [-0.3, -0.25) is 4.79 Å². The van der Waals surface area contributed by atoms with Gasteiger partial charge in [-0.2, -0.15) is 0 Å². The van der Waals surface area contributed by atoms with E-state index >= 15 is 0 Å². The molecule has 2 heterocycles. The number of benzene rings is 2. The van der Waals surface area contributed by atoms with E-state index in [1.807, 2.05) is 0 Å². The van der Waals surface area contributed by atoms with Crippen LogP contribution in [0.4, 0.5) is 0 Å². The average Bonchev–Trinajstić information content (AvgIpc) is 3.29. The smallest absolute Gasteiger partial charge is 0.264 e. The summed E-state index contributed by atoms with van der Waals surface area (Å²) in [6, 6.07) is 8.43. The van der Waals surface area contributed by atoms with Gasteiger partial charge in [0.2, 0.25) is 0 Å². The molecule has 0 atom stereocenters. The number of phenolic OH excluding ortho intramolecular Hbond substituents is 2. The van der Waals surface area contributed by atoms with Gasteiger partial charge in [0.25, 0.3) is 5.78 Å². The van der Waals surface area contributed by atoms with E-state index in [4.69, 9.17) is 55.2 Å². The van der Waals surface area contributed by atoms with Gasteiger partial charge in [0.05, 0.1) is 22.6 Å². The summed E-state index contributed by atoms with van der Waals surface area (Å²) < 4.78 is 10.8. The fraction of sp³-hybridized carbons (Fsp3) is 0. The van der Waals surface area contributed by atoms with Gasteiger partial charge in [0.15, 0.2) is 11.5 Å². The first kappa shape index (κ1) is 20.7. The predicted octanol–water partition coefficient (Wildman–Crippen LogP) is 7.46. The van der Waals surface area contributed by atoms with Crippen molar-refractivity contribution in [1.29, 1.82) is 0 Å². The molecule has 2 aromatic carbocycles. The fourth-order valence-corrected chi connectivity index (χ4v) is 4.29. The molecule has 2 N–H and O–H groups in total. The Morgan fingerprint density at radius 2 is 1.10 bits per heavy atom. The molecule has 4 aromatic rings. The number of furan rings is 2. The Morgan fingerprint density at radius 1 is 0.700 bits per heavy atom. The van der Waals surface area contributed by atoms with Crippen LogP contribution in [0.25, 0.3) is 22.3 Å². The number of hydrogen-bond donors (Lipinski definition) is 2. The van der Waals surface area contributed by atoms with Crippen LogP contribution in [-0.2, 0) is 0 Å². The van der Waals surface area contributed by atoms with Crippen molar-refractivity contribution < 1.29 is 23.8 Å². The van der Waals surface area contributed by atoms with Crippen molar-refractivity contribution in [3.8, 4) is 33.8 Å². The van der Waals surface area contributed by atoms with Gasteiger partial charge in [0, 0.05) is 32.3 Å². The van der Waals surface area contributed by atoms with Crippen molar-refractivity contribution in [2.45, 2.75) is 0 Å². The predicted molar refractivity (Wildman–Crippen MR) is 115 cm³/mol. The van der Waals surface area contributed by atoms with E-state index in [0.717, 1.165) is 0 Å². The highest BCUT2D eigenvalue weighted by molar-refractivity contribution is 6.38. The van der Waals surface area contributed by atoms with Crippen LogP contribution >= 0.6 is 46.4 Å². The number of rotatable bonds is 4. The average molecular weight is 484 g/mol. The molecule has 0 saturated carbocycles. The number of carbonyl (C=O) groups excluding carboxylic acids is 1. The molecule has 0 fully saturated rings. The molecule has 4 rings (SSSR count). The van der Waals surface area contributed by atoms with Crippen molar-refractivity contribution in [2.24, 2.45) is 0 Å². The molecule has 9 heteroatoms. The van der Waals surface area contributed by atoms with Crippen LogP contribution in [0.5, 0.6) is 11.5 Å². The minimum atomic E-state index is -0.647. The standard InChI is InChI=1S/C21H10Cl4O5/c22-9-5-13(24)17(15(26)7-9)11-1-3-29-20(11)19(28)21-12(2-4-30-21)18-14(25)6-10(23)8-16(18)27/h1-8,26-27H. The molecule has 2 aromatic heterocycles. The van der Waals surface area contributed by atoms with Gasteiger partial charge in [-0.25, -0.2) is 0 Å². The molecule has 0 aliphatic carbocycles. The zero-order valence-corrected chi connectivity index (χ0v) is 17.8. The summed E-state index contributed by atoms with van der Waals surface area (Å²) in [4.78, 5) is 13.2. The zero-order chi connectivity index (χ0) is 21.6. The highest BCUT2D eigenvalue weighted by Crippen LogP contribution is 2.43. The first-order chi connectivity index (χ1) is 14.3. The third kappa shape index (κ3) is 3.55. The Hall–Kier alpha value is -2.57. The summed E-state index contributed by atoms with van der Waals surface area (Å²) >= 11 is 24.3. The molecule has 0 bridgehead atoms. The number of ketones is 1. The topological polar surface area (TPSA) is 83.8 Å². The Kier molecular flexibility index (Phi) is 5.47. The maximum absolute atomic E-state index is 13.2. The molecule has 0 amide bonds. The lowest BCUT2D eigenvalue weighted by molar-refractivity contribution is 0.0985. The second-order valence-corrected chi connectivity index (χ2v) is 7.91. The minimum absolute atomic E-state index is 0.129. The Bertz CT molecular complexity index is 1140. The van der Waals surface area contributed by atoms with Crippen molar-refractivity contribution in [2.75, 3.05) is 0 Å². The quantitative estimate of drug-likeness (QED) is 0.294. The molecule has 0 unspecified atom stereocenters. The van der Waals surface area contributed by atoms with Crippen LogP contribution in [0.15, 0.2) is 57.8 Å². The van der Waals surface area contributed by atoms with Crippen molar-refractivity contribution in [3.63, 3.8) is 0 Å². The van der Waals surface area contributed by atoms with E-state index < -0.39 is 5.78 Å². The van der Waals surface area contributed by atoms with Crippen LogP contribution in [0.3, 0.4) is 0 Å². The zero-order valence-electron chi connectivity index (χ0n) is 14.7. The van der Waals surface area contributed by atoms with E-state index in [9.17, 15) is 15.0 Å². The van der Waals surface area contributed by atoms with Gasteiger partial charge in [-0.1, -0.05) is 46.4 Å². The lowest BCUT2D eigenvalue weighted by Crippen LogP contribution is -2.02. The van der Waals surface area contributed by atoms with E-state index in [1.165, 1.54) is 48.9 Å². The number of hydrogen-bond acceptors (Lipinski definition) is 5. The van der Waals surface area contributed by atoms with Gasteiger partial charge in [-0.05, 0) is 36.4 Å². The molecule has 0 aliphatic rings. The summed E-state index contributed by atoms with van der Waals surface area (Å²) in [5.74, 6) is -1.35. The van der Waals surface area contributed by atoms with Gasteiger partial charge >= 0.3 is 0 Å². The highest BCUT2D eigenvalue weighted by Gasteiger charge is 2.28. The fourth-order valence-electron chi connectivity index (χ4n) is 3.12. The molecule has 30 heavy (non-hydrogen) atoms. The molecule has 5 nitrogen and oxygen atoms in total. The van der Waals surface area contributed by atoms with Gasteiger partial charge in [0.1, 0.15) is 11.5 Å². The van der Waals surface area contributed by atoms with Crippen molar-refractivity contribution in [3.05, 3.63) is 80.5 Å². The molecule has 0 saturated heterocycles. The largest absolute Gasteiger partial charge is 0.507 e. The van der Waals surface area contributed by atoms with Crippen LogP contribution in [0.1, 0.15) is 16.3 Å². The molecule has 0 aliphatic heterocycles. The number of aromatic hydroxyl groups is 2. The van der Waals surface area contributed by atoms with Crippen LogP contribution in [-0.4, -0.2) is 16.0 Å². The van der Waals surface area contributed by atoms with Crippen LogP contribution in [0, 0.1) is 0 Å². The van der Waals surface area contributed by atoms with Gasteiger partial charge in [-0.15, -0.1) is 0 Å². The second kappa shape index (κ2) is 7.93. The first-order valence-corrected chi connectivity index (χ1v) is 9.85. The van der Waals surface area contributed by atoms with E-state index in [2.05, 4.69) is 0 Å². The second-order valence-electron chi connectivity index (χ2n) is 6.22. The summed E-state index contributed by atoms with van der Waals surface area (Å²) in [5, 5.41) is 21.3. The number of carbonyl (C=O) groups is 1. The lowest BCUT2D eigenvalue weighted by atomic mass is 9.99. The third-order valence-electron chi connectivity index (χ3n) is 4.35. The van der Waals surface area contributed by atoms with E-state index in [0.29, 0.717) is 0 Å². The molecular formula is C21H10Cl4O5. The van der Waals surface area contributed by atoms with Crippen LogP contribution < -0.4 is 0 Å². The summed E-state index contributed by atoms with van der Waals surface area (Å²) in [5.41, 5.74) is 0.846. The minimum Gasteiger partial charge on any atom is -0.507 e. The SMILES string of the molecule is O=C(c1occc1-c1c(O)cc(Cl)cc1Cl)c1occc1-c1c(O)cc(Cl)cc1Cl. The maximum Gasteiger partial charge on any atom is 0.264 e. The van der Waals surface area contributed by atoms with E-state index in [-0.39, 0.29) is 65.4 Å². The Balaban J connectivity index is 1.84. The molecule has 0 spiro atoms. The third-order valence-corrected chi connectivity index (χ3v) is 5.38. The van der Waals surface area contributed by atoms with Crippen LogP contribution in [0.2, 0.25) is 20.1 Å². The number of phenols is 2. The number of halogens is 4. The summed E-state index contributed by atoms with van der Waals surface area (Å²) in [6.45, 7) is 0. The summed E-state index contributed by atoms with van der Waals surface area (Å²) in [6.07, 6.45) is 2.56. The van der Waals surface area contributed by atoms with Gasteiger partial charge < -0.3 is 19.0 Å². The lowest BCUT2D eigenvalue weighted by Gasteiger charge is -2.09. The summed E-state index contributed by atoms with van der Waals surface area (Å²) in [7, 11) is 0. The van der Waals surface area contributed by atoms with Crippen molar-refractivity contribution in [1.82, 2.24) is 0 Å². The molecular weight excluding hydrogens is 474 g/mol. The van der Waals surface area contributed by atoms with E-state index in [1.54, 1.807) is 0 Å². The maximum atomic E-state index is 13.2. The Morgan fingerprint density at radius 3 is 1.47 bits per heavy atom. The normalized spacial score (nSPS) is 11.1.